The number of benzene rings is 2. The van der Waals surface area contributed by atoms with E-state index in [4.69, 9.17) is 0 Å². The molecule has 124 valence electrons. The molecule has 3 aromatic rings. The van der Waals surface area contributed by atoms with Crippen LogP contribution >= 0.6 is 0 Å². The Balaban J connectivity index is 1.69. The van der Waals surface area contributed by atoms with Gasteiger partial charge in [-0.25, -0.2) is 0 Å². The van der Waals surface area contributed by atoms with Gasteiger partial charge in [-0.1, -0.05) is 42.5 Å². The fraction of sp³-hybridized carbons (Fsp3) is 0.200. The van der Waals surface area contributed by atoms with Gasteiger partial charge in [0.15, 0.2) is 0 Å². The molecule has 5 rings (SSSR count). The average molecular weight is 331 g/mol. The number of H-pyrrole nitrogens is 1. The number of para-hydroxylation sites is 2. The first-order valence-corrected chi connectivity index (χ1v) is 8.50. The number of aromatic amines is 1. The molecule has 2 heterocycles. The number of fused-ring (bicyclic) bond motifs is 4. The summed E-state index contributed by atoms with van der Waals surface area (Å²) < 4.78 is 0. The fourth-order valence-corrected chi connectivity index (χ4v) is 4.42. The molecule has 0 bridgehead atoms. The lowest BCUT2D eigenvalue weighted by atomic mass is 9.76. The van der Waals surface area contributed by atoms with Gasteiger partial charge in [-0.3, -0.25) is 10.1 Å². The number of allylic oxidation sites excluding steroid dienone is 2. The number of nitro groups is 1. The Morgan fingerprint density at radius 3 is 2.84 bits per heavy atom. The van der Waals surface area contributed by atoms with Gasteiger partial charge in [0.25, 0.3) is 5.69 Å². The molecular weight excluding hydrogens is 314 g/mol. The number of anilines is 1. The number of hydrogen-bond donors (Lipinski definition) is 2. The third kappa shape index (κ3) is 2.02. The van der Waals surface area contributed by atoms with E-state index in [0.29, 0.717) is 11.6 Å². The maximum Gasteiger partial charge on any atom is 0.292 e. The third-order valence-corrected chi connectivity index (χ3v) is 5.53. The molecule has 2 aromatic carbocycles. The van der Waals surface area contributed by atoms with Gasteiger partial charge in [-0.05, 0) is 29.5 Å². The largest absolute Gasteiger partial charge is 0.372 e. The van der Waals surface area contributed by atoms with Crippen LogP contribution in [0.25, 0.3) is 10.9 Å². The van der Waals surface area contributed by atoms with E-state index in [2.05, 4.69) is 34.6 Å². The zero-order chi connectivity index (χ0) is 17.0. The summed E-state index contributed by atoms with van der Waals surface area (Å²) in [6.07, 6.45) is 7.42. The van der Waals surface area contributed by atoms with Crippen molar-refractivity contribution in [3.63, 3.8) is 0 Å². The molecule has 5 heteroatoms. The van der Waals surface area contributed by atoms with E-state index in [9.17, 15) is 10.1 Å². The number of rotatable bonds is 2. The summed E-state index contributed by atoms with van der Waals surface area (Å²) in [4.78, 5) is 14.5. The highest BCUT2D eigenvalue weighted by molar-refractivity contribution is 5.85. The van der Waals surface area contributed by atoms with Gasteiger partial charge in [-0.15, -0.1) is 0 Å². The lowest BCUT2D eigenvalue weighted by Crippen LogP contribution is -2.29. The van der Waals surface area contributed by atoms with Crippen LogP contribution in [0.15, 0.2) is 60.8 Å². The van der Waals surface area contributed by atoms with Crippen LogP contribution in [0.3, 0.4) is 0 Å². The minimum absolute atomic E-state index is 0.0461. The van der Waals surface area contributed by atoms with Crippen LogP contribution in [0.5, 0.6) is 0 Å². The summed E-state index contributed by atoms with van der Waals surface area (Å²) in [7, 11) is 0. The molecule has 1 aliphatic carbocycles. The Kier molecular flexibility index (Phi) is 2.98. The zero-order valence-corrected chi connectivity index (χ0v) is 13.5. The molecule has 0 amide bonds. The summed E-state index contributed by atoms with van der Waals surface area (Å²) in [5, 5.41) is 16.2. The monoisotopic (exact) mass is 331 g/mol. The minimum atomic E-state index is -0.295. The number of nitrogens with zero attached hydrogens (tertiary/aromatic N) is 1. The summed E-state index contributed by atoms with van der Waals surface area (Å²) in [6.45, 7) is 0. The van der Waals surface area contributed by atoms with E-state index in [-0.39, 0.29) is 22.6 Å². The Morgan fingerprint density at radius 2 is 1.96 bits per heavy atom. The smallest absolute Gasteiger partial charge is 0.292 e. The van der Waals surface area contributed by atoms with Gasteiger partial charge >= 0.3 is 0 Å². The number of hydrogen-bond acceptors (Lipinski definition) is 3. The third-order valence-electron chi connectivity index (χ3n) is 5.53. The topological polar surface area (TPSA) is 71.0 Å². The van der Waals surface area contributed by atoms with E-state index >= 15 is 0 Å². The molecule has 3 unspecified atom stereocenters. The normalized spacial score (nSPS) is 23.9. The van der Waals surface area contributed by atoms with Gasteiger partial charge in [0.2, 0.25) is 0 Å². The Bertz CT molecular complexity index is 1020. The molecule has 1 aromatic heterocycles. The number of aromatic nitrogens is 1. The van der Waals surface area contributed by atoms with Crippen molar-refractivity contribution in [1.29, 1.82) is 0 Å². The molecule has 0 saturated carbocycles. The van der Waals surface area contributed by atoms with E-state index < -0.39 is 0 Å². The first-order valence-electron chi connectivity index (χ1n) is 8.50. The lowest BCUT2D eigenvalue weighted by molar-refractivity contribution is -0.384. The van der Waals surface area contributed by atoms with Gasteiger partial charge < -0.3 is 10.3 Å². The highest BCUT2D eigenvalue weighted by Gasteiger charge is 2.41. The van der Waals surface area contributed by atoms with E-state index in [1.54, 1.807) is 12.1 Å². The molecule has 5 nitrogen and oxygen atoms in total. The number of nitro benzene ring substituents is 1. The van der Waals surface area contributed by atoms with Crippen LogP contribution in [0, 0.1) is 16.0 Å². The molecule has 3 atom stereocenters. The van der Waals surface area contributed by atoms with Crippen molar-refractivity contribution in [3.05, 3.63) is 82.1 Å². The highest BCUT2D eigenvalue weighted by atomic mass is 16.6. The Morgan fingerprint density at radius 1 is 1.08 bits per heavy atom. The van der Waals surface area contributed by atoms with Gasteiger partial charge in [0, 0.05) is 29.1 Å². The van der Waals surface area contributed by atoms with Gasteiger partial charge in [0.1, 0.15) is 5.69 Å². The SMILES string of the molecule is O=[N+]([O-])c1cccc2c1NC(c1c[nH]c3ccccc13)C1CC=CC21. The quantitative estimate of drug-likeness (QED) is 0.398. The highest BCUT2D eigenvalue weighted by Crippen LogP contribution is 2.52. The molecule has 0 spiro atoms. The summed E-state index contributed by atoms with van der Waals surface area (Å²) >= 11 is 0. The van der Waals surface area contributed by atoms with Crippen LogP contribution < -0.4 is 5.32 Å². The van der Waals surface area contributed by atoms with Crippen molar-refractivity contribution in [2.45, 2.75) is 18.4 Å². The van der Waals surface area contributed by atoms with E-state index in [0.717, 1.165) is 17.5 Å². The first-order chi connectivity index (χ1) is 12.2. The van der Waals surface area contributed by atoms with E-state index in [1.165, 1.54) is 10.9 Å². The summed E-state index contributed by atoms with van der Waals surface area (Å²) in [6, 6.07) is 13.6. The minimum Gasteiger partial charge on any atom is -0.372 e. The zero-order valence-electron chi connectivity index (χ0n) is 13.5. The van der Waals surface area contributed by atoms with Crippen molar-refractivity contribution in [2.75, 3.05) is 5.32 Å². The van der Waals surface area contributed by atoms with E-state index in [1.807, 2.05) is 24.4 Å². The molecule has 2 aliphatic rings. The lowest BCUT2D eigenvalue weighted by Gasteiger charge is -2.36. The van der Waals surface area contributed by atoms with Crippen LogP contribution in [-0.4, -0.2) is 9.91 Å². The maximum absolute atomic E-state index is 11.5. The first kappa shape index (κ1) is 14.3. The summed E-state index contributed by atoms with van der Waals surface area (Å²) in [5.74, 6) is 0.587. The van der Waals surface area contributed by atoms with Crippen molar-refractivity contribution >= 4 is 22.3 Å². The van der Waals surface area contributed by atoms with Crippen LogP contribution in [0.2, 0.25) is 0 Å². The van der Waals surface area contributed by atoms with Gasteiger partial charge in [0.05, 0.1) is 11.0 Å². The maximum atomic E-state index is 11.5. The average Bonchev–Trinajstić information content (AvgIpc) is 3.28. The molecular formula is C20H17N3O2. The standard InChI is InChI=1S/C20H17N3O2/c24-23(25)18-10-4-8-15-12-6-3-7-14(12)19(22-20(15)18)16-11-21-17-9-2-1-5-13(16)17/h1-6,8-12,14,19,21-22H,7H2. The second-order valence-corrected chi connectivity index (χ2v) is 6.76. The summed E-state index contributed by atoms with van der Waals surface area (Å²) in [5.41, 5.74) is 4.12. The molecule has 25 heavy (non-hydrogen) atoms. The Labute approximate surface area is 144 Å². The van der Waals surface area contributed by atoms with Crippen LogP contribution in [0.1, 0.15) is 29.5 Å². The second-order valence-electron chi connectivity index (χ2n) is 6.76. The second kappa shape index (κ2) is 5.21. The predicted octanol–water partition coefficient (Wildman–Crippen LogP) is 4.90. The Hall–Kier alpha value is -3.08. The van der Waals surface area contributed by atoms with Crippen molar-refractivity contribution < 1.29 is 4.92 Å². The molecule has 2 N–H and O–H groups in total. The molecule has 0 radical (unpaired) electrons. The van der Waals surface area contributed by atoms with Crippen molar-refractivity contribution in [1.82, 2.24) is 4.98 Å². The number of nitrogens with one attached hydrogen (secondary N) is 2. The van der Waals surface area contributed by atoms with Crippen LogP contribution in [0.4, 0.5) is 11.4 Å². The molecule has 0 saturated heterocycles. The fourth-order valence-electron chi connectivity index (χ4n) is 4.42. The van der Waals surface area contributed by atoms with Gasteiger partial charge in [-0.2, -0.15) is 0 Å². The van der Waals surface area contributed by atoms with Crippen molar-refractivity contribution in [3.8, 4) is 0 Å². The van der Waals surface area contributed by atoms with Crippen LogP contribution in [-0.2, 0) is 0 Å². The molecule has 1 aliphatic heterocycles. The molecule has 0 fully saturated rings. The van der Waals surface area contributed by atoms with Crippen molar-refractivity contribution in [2.24, 2.45) is 5.92 Å². The predicted molar refractivity (Wildman–Crippen MR) is 97.7 cm³/mol.